The molecule has 4 rings (SSSR count). The summed E-state index contributed by atoms with van der Waals surface area (Å²) in [5.74, 6) is 0.160. The van der Waals surface area contributed by atoms with Gasteiger partial charge in [-0.3, -0.25) is 4.79 Å². The van der Waals surface area contributed by atoms with Gasteiger partial charge in [-0.25, -0.2) is 18.4 Å². The van der Waals surface area contributed by atoms with E-state index in [9.17, 15) is 13.2 Å². The number of amides is 1. The van der Waals surface area contributed by atoms with Gasteiger partial charge < -0.3 is 16.0 Å². The lowest BCUT2D eigenvalue weighted by molar-refractivity contribution is 0.0997. The number of pyridine rings is 2. The molecule has 1 aromatic carbocycles. The number of nitrogens with zero attached hydrogens (tertiary/aromatic N) is 3. The molecule has 1 unspecified atom stereocenters. The topological polar surface area (TPSA) is 118 Å². The third-order valence-corrected chi connectivity index (χ3v) is 8.05. The zero-order valence-electron chi connectivity index (χ0n) is 19.8. The molecule has 184 valence electrons. The van der Waals surface area contributed by atoms with Crippen LogP contribution in [-0.4, -0.2) is 36.4 Å². The maximum Gasteiger partial charge on any atom is 0.253 e. The van der Waals surface area contributed by atoms with Crippen LogP contribution < -0.4 is 16.0 Å². The number of carbonyl (C=O) groups is 1. The van der Waals surface area contributed by atoms with Gasteiger partial charge in [0.25, 0.3) is 5.91 Å². The summed E-state index contributed by atoms with van der Waals surface area (Å²) >= 11 is 6.04. The molecule has 8 nitrogen and oxygen atoms in total. The highest BCUT2D eigenvalue weighted by atomic mass is 35.5. The largest absolute Gasteiger partial charge is 0.366 e. The maximum absolute atomic E-state index is 13.7. The number of nitrogens with two attached hydrogens (primary N) is 1. The Morgan fingerprint density at radius 3 is 2.63 bits per heavy atom. The van der Waals surface area contributed by atoms with E-state index in [0.29, 0.717) is 29.8 Å². The van der Waals surface area contributed by atoms with Gasteiger partial charge in [-0.2, -0.15) is 0 Å². The number of sulfone groups is 1. The van der Waals surface area contributed by atoms with Crippen molar-refractivity contribution in [2.75, 3.05) is 16.8 Å². The molecule has 35 heavy (non-hydrogen) atoms. The van der Waals surface area contributed by atoms with Crippen LogP contribution in [0.2, 0.25) is 5.02 Å². The lowest BCUT2D eigenvalue weighted by Crippen LogP contribution is -2.40. The molecule has 1 aliphatic rings. The van der Waals surface area contributed by atoms with E-state index in [1.54, 1.807) is 18.2 Å². The second-order valence-electron chi connectivity index (χ2n) is 9.45. The van der Waals surface area contributed by atoms with Gasteiger partial charge in [-0.05, 0) is 62.1 Å². The minimum Gasteiger partial charge on any atom is -0.366 e. The number of anilines is 2. The SMILES string of the molecule is CC1CN(c2nccc(S(=O)(=O)c3cccc(NCc4cccc(Cl)c4)n3)c2C(N)=O)C(C)(C)C1. The van der Waals surface area contributed by atoms with Crippen molar-refractivity contribution in [3.8, 4) is 0 Å². The Kier molecular flexibility index (Phi) is 6.75. The van der Waals surface area contributed by atoms with Crippen molar-refractivity contribution >= 4 is 39.0 Å². The van der Waals surface area contributed by atoms with Crippen LogP contribution >= 0.6 is 11.6 Å². The second-order valence-corrected chi connectivity index (χ2v) is 11.8. The predicted octanol–water partition coefficient (Wildman–Crippen LogP) is 4.30. The van der Waals surface area contributed by atoms with Crippen LogP contribution in [0.25, 0.3) is 0 Å². The molecule has 1 fully saturated rings. The van der Waals surface area contributed by atoms with Crippen molar-refractivity contribution < 1.29 is 13.2 Å². The molecule has 1 aliphatic heterocycles. The van der Waals surface area contributed by atoms with Gasteiger partial charge in [0.2, 0.25) is 9.84 Å². The number of benzene rings is 1. The maximum atomic E-state index is 13.7. The van der Waals surface area contributed by atoms with E-state index in [-0.39, 0.29) is 26.8 Å². The van der Waals surface area contributed by atoms with Crippen molar-refractivity contribution in [1.82, 2.24) is 9.97 Å². The van der Waals surface area contributed by atoms with E-state index in [4.69, 9.17) is 17.3 Å². The van der Waals surface area contributed by atoms with Crippen molar-refractivity contribution in [1.29, 1.82) is 0 Å². The lowest BCUT2D eigenvalue weighted by Gasteiger charge is -2.33. The molecule has 3 heterocycles. The first-order chi connectivity index (χ1) is 16.5. The number of hydrogen-bond acceptors (Lipinski definition) is 7. The van der Waals surface area contributed by atoms with Gasteiger partial charge in [0, 0.05) is 29.8 Å². The lowest BCUT2D eigenvalue weighted by atomic mass is 9.97. The van der Waals surface area contributed by atoms with Crippen molar-refractivity contribution in [2.45, 2.75) is 49.2 Å². The highest BCUT2D eigenvalue weighted by Crippen LogP contribution is 2.39. The first-order valence-corrected chi connectivity index (χ1v) is 13.1. The summed E-state index contributed by atoms with van der Waals surface area (Å²) in [6.45, 7) is 7.25. The van der Waals surface area contributed by atoms with E-state index in [0.717, 1.165) is 12.0 Å². The molecule has 3 aromatic rings. The van der Waals surface area contributed by atoms with Crippen molar-refractivity contribution in [2.24, 2.45) is 11.7 Å². The molecule has 3 N–H and O–H groups in total. The molecular weight excluding hydrogens is 486 g/mol. The minimum atomic E-state index is -4.17. The van der Waals surface area contributed by atoms with Gasteiger partial charge in [-0.15, -0.1) is 0 Å². The molecule has 0 spiro atoms. The molecular formula is C25H28ClN5O3S. The normalized spacial score (nSPS) is 17.4. The van der Waals surface area contributed by atoms with Crippen LogP contribution in [0.3, 0.4) is 0 Å². The number of primary amides is 1. The molecule has 1 atom stereocenters. The summed E-state index contributed by atoms with van der Waals surface area (Å²) in [7, 11) is -4.17. The Morgan fingerprint density at radius 2 is 1.97 bits per heavy atom. The van der Waals surface area contributed by atoms with Crippen LogP contribution in [0.15, 0.2) is 64.6 Å². The number of nitrogens with one attached hydrogen (secondary N) is 1. The Labute approximate surface area is 210 Å². The smallest absolute Gasteiger partial charge is 0.253 e. The molecule has 0 bridgehead atoms. The number of halogens is 1. The summed E-state index contributed by atoms with van der Waals surface area (Å²) in [6, 6.07) is 13.3. The summed E-state index contributed by atoms with van der Waals surface area (Å²) in [5.41, 5.74) is 6.22. The van der Waals surface area contributed by atoms with Crippen LogP contribution in [0.5, 0.6) is 0 Å². The van der Waals surface area contributed by atoms with Gasteiger partial charge >= 0.3 is 0 Å². The van der Waals surface area contributed by atoms with E-state index >= 15 is 0 Å². The van der Waals surface area contributed by atoms with Crippen LogP contribution in [0, 0.1) is 5.92 Å². The minimum absolute atomic E-state index is 0.117. The Bertz CT molecular complexity index is 1380. The third-order valence-electron chi connectivity index (χ3n) is 6.12. The fraction of sp³-hybridized carbons (Fsp3) is 0.320. The van der Waals surface area contributed by atoms with Crippen molar-refractivity contribution in [3.63, 3.8) is 0 Å². The van der Waals surface area contributed by atoms with E-state index in [2.05, 4.69) is 22.2 Å². The first-order valence-electron chi connectivity index (χ1n) is 11.3. The number of carbonyl (C=O) groups excluding carboxylic acids is 1. The summed E-state index contributed by atoms with van der Waals surface area (Å²) < 4.78 is 27.3. The monoisotopic (exact) mass is 513 g/mol. The van der Waals surface area contributed by atoms with Gasteiger partial charge in [0.05, 0.1) is 4.90 Å². The molecule has 0 radical (unpaired) electrons. The average Bonchev–Trinajstić information content (AvgIpc) is 3.09. The van der Waals surface area contributed by atoms with Crippen LogP contribution in [0.4, 0.5) is 11.6 Å². The predicted molar refractivity (Wildman–Crippen MR) is 136 cm³/mol. The van der Waals surface area contributed by atoms with E-state index in [1.807, 2.05) is 36.9 Å². The molecule has 1 amide bonds. The van der Waals surface area contributed by atoms with Gasteiger partial charge in [-0.1, -0.05) is 36.7 Å². The Balaban J connectivity index is 1.71. The third kappa shape index (κ3) is 5.11. The highest BCUT2D eigenvalue weighted by Gasteiger charge is 2.40. The van der Waals surface area contributed by atoms with Gasteiger partial charge in [0.15, 0.2) is 5.03 Å². The summed E-state index contributed by atoms with van der Waals surface area (Å²) in [6.07, 6.45) is 2.28. The number of hydrogen-bond donors (Lipinski definition) is 2. The summed E-state index contributed by atoms with van der Waals surface area (Å²) in [4.78, 5) is 23.0. The zero-order chi connectivity index (χ0) is 25.4. The summed E-state index contributed by atoms with van der Waals surface area (Å²) in [5, 5.41) is 3.53. The fourth-order valence-corrected chi connectivity index (χ4v) is 6.28. The molecule has 0 saturated carbocycles. The number of rotatable bonds is 7. The van der Waals surface area contributed by atoms with Crippen LogP contribution in [0.1, 0.15) is 43.1 Å². The van der Waals surface area contributed by atoms with Crippen molar-refractivity contribution in [3.05, 3.63) is 70.9 Å². The average molecular weight is 514 g/mol. The second kappa shape index (κ2) is 9.47. The molecule has 0 aliphatic carbocycles. The first kappa shape index (κ1) is 24.9. The zero-order valence-corrected chi connectivity index (χ0v) is 21.4. The van der Waals surface area contributed by atoms with E-state index in [1.165, 1.54) is 18.3 Å². The molecule has 1 saturated heterocycles. The fourth-order valence-electron chi connectivity index (χ4n) is 4.67. The Hall–Kier alpha value is -3.17. The van der Waals surface area contributed by atoms with E-state index < -0.39 is 15.7 Å². The standard InChI is InChI=1S/C25H28ClN5O3S/c1-16-13-25(2,3)31(15-16)24-22(23(27)32)19(10-11-28-24)35(33,34)21-9-5-8-20(30-21)29-14-17-6-4-7-18(26)12-17/h4-12,16H,13-15H2,1-3H3,(H2,27,32)(H,29,30). The molecule has 10 heteroatoms. The Morgan fingerprint density at radius 1 is 1.23 bits per heavy atom. The van der Waals surface area contributed by atoms with Gasteiger partial charge in [0.1, 0.15) is 17.2 Å². The highest BCUT2D eigenvalue weighted by molar-refractivity contribution is 7.91. The quantitative estimate of drug-likeness (QED) is 0.483. The number of aromatic nitrogens is 2. The molecule has 2 aromatic heterocycles. The van der Waals surface area contributed by atoms with Crippen LogP contribution in [-0.2, 0) is 16.4 Å².